The zero-order valence-electron chi connectivity index (χ0n) is 15.9. The molecular formula is C20H34NO4P. The maximum absolute atomic E-state index is 10.9. The molecule has 5 nitrogen and oxygen atoms in total. The zero-order valence-corrected chi connectivity index (χ0v) is 16.8. The van der Waals surface area contributed by atoms with Gasteiger partial charge in [-0.25, -0.2) is 4.57 Å². The zero-order chi connectivity index (χ0) is 19.0. The van der Waals surface area contributed by atoms with Gasteiger partial charge in [-0.2, -0.15) is 0 Å². The van der Waals surface area contributed by atoms with E-state index in [1.807, 2.05) is 0 Å². The molecule has 0 bridgehead atoms. The molecular weight excluding hydrogens is 349 g/mol. The van der Waals surface area contributed by atoms with Crippen molar-refractivity contribution in [3.8, 4) is 0 Å². The molecule has 0 aliphatic heterocycles. The molecule has 6 heteroatoms. The Morgan fingerprint density at radius 1 is 1.15 bits per heavy atom. The molecule has 0 heterocycles. The number of aryl methyl sites for hydroxylation is 1. The molecule has 2 atom stereocenters. The molecule has 1 aliphatic carbocycles. The van der Waals surface area contributed by atoms with Crippen LogP contribution in [0.15, 0.2) is 24.3 Å². The highest BCUT2D eigenvalue weighted by Crippen LogP contribution is 2.43. The maximum atomic E-state index is 10.9. The first kappa shape index (κ1) is 21.6. The van der Waals surface area contributed by atoms with E-state index in [1.54, 1.807) is 0 Å². The molecule has 0 aromatic heterocycles. The van der Waals surface area contributed by atoms with E-state index in [2.05, 4.69) is 35.7 Å². The minimum absolute atomic E-state index is 0.0934. The van der Waals surface area contributed by atoms with Crippen LogP contribution in [0.3, 0.4) is 0 Å². The fraction of sp³-hybridized carbons (Fsp3) is 0.700. The summed E-state index contributed by atoms with van der Waals surface area (Å²) in [7, 11) is -4.46. The second-order valence-corrected chi connectivity index (χ2v) is 9.06. The topological polar surface area (TPSA) is 92.8 Å². The van der Waals surface area contributed by atoms with Crippen molar-refractivity contribution < 1.29 is 18.9 Å². The molecule has 1 fully saturated rings. The second-order valence-electron chi connectivity index (χ2n) is 7.83. The van der Waals surface area contributed by atoms with Gasteiger partial charge < -0.3 is 15.5 Å². The summed E-state index contributed by atoms with van der Waals surface area (Å²) >= 11 is 0. The maximum Gasteiger partial charge on any atom is 0.469 e. The number of phosphoric ester groups is 1. The van der Waals surface area contributed by atoms with E-state index < -0.39 is 13.4 Å². The summed E-state index contributed by atoms with van der Waals surface area (Å²) in [5.74, 6) is 0.337. The Morgan fingerprint density at radius 3 is 2.46 bits per heavy atom. The van der Waals surface area contributed by atoms with Gasteiger partial charge in [0.15, 0.2) is 0 Å². The smallest absolute Gasteiger partial charge is 0.323 e. The third-order valence-corrected chi connectivity index (χ3v) is 5.90. The molecule has 0 amide bonds. The molecule has 1 aromatic rings. The van der Waals surface area contributed by atoms with Gasteiger partial charge in [0.1, 0.15) is 0 Å². The lowest BCUT2D eigenvalue weighted by molar-refractivity contribution is 0.153. The normalized spacial score (nSPS) is 23.5. The van der Waals surface area contributed by atoms with Gasteiger partial charge in [0, 0.05) is 5.54 Å². The molecule has 4 N–H and O–H groups in total. The Hall–Kier alpha value is -0.710. The van der Waals surface area contributed by atoms with Crippen LogP contribution in [0.4, 0.5) is 0 Å². The first-order valence-electron chi connectivity index (χ1n) is 9.89. The molecule has 0 saturated heterocycles. The molecule has 1 aliphatic rings. The van der Waals surface area contributed by atoms with E-state index in [1.165, 1.54) is 49.7 Å². The van der Waals surface area contributed by atoms with Crippen LogP contribution in [-0.4, -0.2) is 21.9 Å². The highest BCUT2D eigenvalue weighted by Gasteiger charge is 2.38. The molecule has 0 spiro atoms. The van der Waals surface area contributed by atoms with Gasteiger partial charge in [0.2, 0.25) is 0 Å². The van der Waals surface area contributed by atoms with Crippen molar-refractivity contribution in [1.29, 1.82) is 0 Å². The third kappa shape index (κ3) is 7.50. The lowest BCUT2D eigenvalue weighted by atomic mass is 9.92. The minimum atomic E-state index is -4.46. The van der Waals surface area contributed by atoms with Gasteiger partial charge in [0.05, 0.1) is 6.61 Å². The highest BCUT2D eigenvalue weighted by molar-refractivity contribution is 7.46. The molecule has 0 unspecified atom stereocenters. The van der Waals surface area contributed by atoms with Gasteiger partial charge in [-0.05, 0) is 49.1 Å². The number of unbranched alkanes of at least 4 members (excludes halogenated alkanes) is 5. The van der Waals surface area contributed by atoms with Gasteiger partial charge in [0.25, 0.3) is 0 Å². The summed E-state index contributed by atoms with van der Waals surface area (Å²) in [5, 5.41) is 0. The van der Waals surface area contributed by atoms with Crippen LogP contribution >= 0.6 is 7.82 Å². The summed E-state index contributed by atoms with van der Waals surface area (Å²) in [6.45, 7) is 2.15. The SMILES string of the molecule is CCCCCCCCc1ccc([C@H]2CC[C@@](N)(COP(=O)(O)O)C2)cc1. The van der Waals surface area contributed by atoms with Crippen molar-refractivity contribution in [2.45, 2.75) is 82.6 Å². The molecule has 0 radical (unpaired) electrons. The average Bonchev–Trinajstić information content (AvgIpc) is 2.99. The van der Waals surface area contributed by atoms with Gasteiger partial charge in [-0.1, -0.05) is 63.3 Å². The Bertz CT molecular complexity index is 586. The second kappa shape index (κ2) is 10.0. The Labute approximate surface area is 157 Å². The fourth-order valence-corrected chi connectivity index (χ4v) is 4.28. The van der Waals surface area contributed by atoms with Crippen LogP contribution in [0.5, 0.6) is 0 Å². The standard InChI is InChI=1S/C20H34NO4P/c1-2-3-4-5-6-7-8-17-9-11-18(12-10-17)19-13-14-20(21,15-19)16-25-26(22,23)24/h9-12,19H,2-8,13-16,21H2,1H3,(H2,22,23,24)/t19-,20-/m0/s1. The van der Waals surface area contributed by atoms with E-state index in [-0.39, 0.29) is 6.61 Å². The van der Waals surface area contributed by atoms with Crippen LogP contribution in [0.25, 0.3) is 0 Å². The Morgan fingerprint density at radius 2 is 1.81 bits per heavy atom. The Kier molecular flexibility index (Phi) is 8.31. The first-order chi connectivity index (χ1) is 12.3. The van der Waals surface area contributed by atoms with Crippen LogP contribution < -0.4 is 5.73 Å². The van der Waals surface area contributed by atoms with Crippen LogP contribution in [0, 0.1) is 0 Å². The summed E-state index contributed by atoms with van der Waals surface area (Å²) in [6, 6.07) is 8.80. The molecule has 2 rings (SSSR count). The molecule has 148 valence electrons. The van der Waals surface area contributed by atoms with Crippen molar-refractivity contribution in [2.24, 2.45) is 5.73 Å². The van der Waals surface area contributed by atoms with E-state index in [4.69, 9.17) is 15.5 Å². The summed E-state index contributed by atoms with van der Waals surface area (Å²) in [5.41, 5.74) is 8.27. The number of benzene rings is 1. The molecule has 1 aromatic carbocycles. The average molecular weight is 383 g/mol. The minimum Gasteiger partial charge on any atom is -0.323 e. The summed E-state index contributed by atoms with van der Waals surface area (Å²) in [4.78, 5) is 17.7. The number of rotatable bonds is 11. The molecule has 1 saturated carbocycles. The summed E-state index contributed by atoms with van der Waals surface area (Å²) in [6.07, 6.45) is 11.4. The van der Waals surface area contributed by atoms with Crippen molar-refractivity contribution >= 4 is 7.82 Å². The van der Waals surface area contributed by atoms with Crippen molar-refractivity contribution in [1.82, 2.24) is 0 Å². The van der Waals surface area contributed by atoms with Crippen molar-refractivity contribution in [3.05, 3.63) is 35.4 Å². The molecule has 26 heavy (non-hydrogen) atoms. The van der Waals surface area contributed by atoms with Crippen LogP contribution in [0.1, 0.15) is 81.8 Å². The lowest BCUT2D eigenvalue weighted by Crippen LogP contribution is -2.41. The van der Waals surface area contributed by atoms with Gasteiger partial charge >= 0.3 is 7.82 Å². The fourth-order valence-electron chi connectivity index (χ4n) is 3.85. The monoisotopic (exact) mass is 383 g/mol. The largest absolute Gasteiger partial charge is 0.469 e. The predicted octanol–water partition coefficient (Wildman–Crippen LogP) is 4.66. The predicted molar refractivity (Wildman–Crippen MR) is 105 cm³/mol. The van der Waals surface area contributed by atoms with Crippen LogP contribution in [0.2, 0.25) is 0 Å². The number of hydrogen-bond acceptors (Lipinski definition) is 3. The van der Waals surface area contributed by atoms with E-state index >= 15 is 0 Å². The van der Waals surface area contributed by atoms with Crippen molar-refractivity contribution in [3.63, 3.8) is 0 Å². The van der Waals surface area contributed by atoms with Crippen molar-refractivity contribution in [2.75, 3.05) is 6.61 Å². The number of hydrogen-bond donors (Lipinski definition) is 3. The van der Waals surface area contributed by atoms with Crippen LogP contribution in [-0.2, 0) is 15.5 Å². The van der Waals surface area contributed by atoms with E-state index in [0.717, 1.165) is 19.3 Å². The quantitative estimate of drug-likeness (QED) is 0.382. The number of phosphoric acid groups is 1. The highest BCUT2D eigenvalue weighted by atomic mass is 31.2. The summed E-state index contributed by atoms with van der Waals surface area (Å²) < 4.78 is 15.5. The Balaban J connectivity index is 1.77. The third-order valence-electron chi connectivity index (χ3n) is 5.43. The first-order valence-corrected chi connectivity index (χ1v) is 11.4. The number of nitrogens with two attached hydrogens (primary N) is 1. The van der Waals surface area contributed by atoms with Gasteiger partial charge in [-0.15, -0.1) is 0 Å². The van der Waals surface area contributed by atoms with E-state index in [9.17, 15) is 4.57 Å². The lowest BCUT2D eigenvalue weighted by Gasteiger charge is -2.24. The van der Waals surface area contributed by atoms with Gasteiger partial charge in [-0.3, -0.25) is 4.52 Å². The van der Waals surface area contributed by atoms with E-state index in [0.29, 0.717) is 12.3 Å².